The number of nitrogens with zero attached hydrogens (tertiary/aromatic N) is 2. The van der Waals surface area contributed by atoms with Gasteiger partial charge in [-0.2, -0.15) is 0 Å². The first kappa shape index (κ1) is 19.6. The topological polar surface area (TPSA) is 69.7 Å². The van der Waals surface area contributed by atoms with Gasteiger partial charge in [-0.15, -0.1) is 0 Å². The van der Waals surface area contributed by atoms with E-state index in [9.17, 15) is 14.4 Å². The Labute approximate surface area is 165 Å². The van der Waals surface area contributed by atoms with Gasteiger partial charge >= 0.3 is 0 Å². The molecule has 3 rings (SSSR count). The van der Waals surface area contributed by atoms with Crippen LogP contribution in [0.5, 0.6) is 0 Å². The number of rotatable bonds is 6. The van der Waals surface area contributed by atoms with E-state index in [4.69, 9.17) is 0 Å². The van der Waals surface area contributed by atoms with Crippen LogP contribution in [0.25, 0.3) is 0 Å². The highest BCUT2D eigenvalue weighted by molar-refractivity contribution is 6.36. The van der Waals surface area contributed by atoms with Crippen LogP contribution in [0.3, 0.4) is 0 Å². The quantitative estimate of drug-likeness (QED) is 0.774. The fourth-order valence-corrected chi connectivity index (χ4v) is 3.28. The van der Waals surface area contributed by atoms with Crippen LogP contribution in [0.15, 0.2) is 54.6 Å². The monoisotopic (exact) mass is 379 g/mol. The van der Waals surface area contributed by atoms with Crippen LogP contribution < -0.4 is 10.2 Å². The number of anilines is 1. The van der Waals surface area contributed by atoms with Crippen molar-refractivity contribution in [1.29, 1.82) is 0 Å². The van der Waals surface area contributed by atoms with Crippen molar-refractivity contribution in [2.45, 2.75) is 13.3 Å². The highest BCUT2D eigenvalue weighted by Crippen LogP contribution is 2.15. The van der Waals surface area contributed by atoms with Crippen molar-refractivity contribution in [2.24, 2.45) is 0 Å². The number of hydrogen-bond acceptors (Lipinski definition) is 4. The molecule has 0 bridgehead atoms. The van der Waals surface area contributed by atoms with Crippen LogP contribution in [0.1, 0.15) is 11.1 Å². The molecule has 2 amide bonds. The number of Topliss-reactive ketones (excluding diaryl/α,β-unsaturated/α-hetero) is 1. The summed E-state index contributed by atoms with van der Waals surface area (Å²) in [6, 6.07) is 17.5. The molecule has 0 unspecified atom stereocenters. The molecule has 6 nitrogen and oxygen atoms in total. The molecule has 0 aliphatic carbocycles. The smallest absolute Gasteiger partial charge is 0.288 e. The van der Waals surface area contributed by atoms with Crippen molar-refractivity contribution in [1.82, 2.24) is 10.2 Å². The zero-order valence-electron chi connectivity index (χ0n) is 16.1. The van der Waals surface area contributed by atoms with Crippen molar-refractivity contribution in [3.05, 3.63) is 65.7 Å². The second kappa shape index (κ2) is 9.17. The van der Waals surface area contributed by atoms with E-state index in [2.05, 4.69) is 22.3 Å². The number of amides is 2. The zero-order chi connectivity index (χ0) is 19.9. The highest BCUT2D eigenvalue weighted by Gasteiger charge is 2.22. The Balaban J connectivity index is 1.43. The first-order valence-electron chi connectivity index (χ1n) is 9.48. The van der Waals surface area contributed by atoms with E-state index in [0.717, 1.165) is 29.9 Å². The minimum atomic E-state index is -0.709. The Morgan fingerprint density at radius 3 is 2.21 bits per heavy atom. The highest BCUT2D eigenvalue weighted by atomic mass is 16.2. The number of hydrogen-bond donors (Lipinski definition) is 1. The Morgan fingerprint density at radius 1 is 0.893 bits per heavy atom. The lowest BCUT2D eigenvalue weighted by atomic mass is 10.0. The summed E-state index contributed by atoms with van der Waals surface area (Å²) in [6.07, 6.45) is 0.0441. The summed E-state index contributed by atoms with van der Waals surface area (Å²) in [5.41, 5.74) is 2.94. The molecule has 0 saturated carbocycles. The fourth-order valence-electron chi connectivity index (χ4n) is 3.28. The predicted molar refractivity (Wildman–Crippen MR) is 108 cm³/mol. The molecule has 0 spiro atoms. The van der Waals surface area contributed by atoms with Gasteiger partial charge < -0.3 is 15.1 Å². The molecule has 1 aliphatic rings. The van der Waals surface area contributed by atoms with E-state index < -0.39 is 11.7 Å². The third-order valence-electron chi connectivity index (χ3n) is 5.02. The van der Waals surface area contributed by atoms with Crippen LogP contribution >= 0.6 is 0 Å². The molecule has 6 heteroatoms. The summed E-state index contributed by atoms with van der Waals surface area (Å²) in [5.74, 6) is -1.40. The first-order chi connectivity index (χ1) is 13.5. The standard InChI is InChI=1S/C22H25N3O3/c1-17-7-5-6-8-18(17)15-20(26)22(28)23-16-21(27)25-13-11-24(12-14-25)19-9-3-2-4-10-19/h2-10H,11-16H2,1H3,(H,23,28). The van der Waals surface area contributed by atoms with Crippen LogP contribution in [0, 0.1) is 6.92 Å². The summed E-state index contributed by atoms with van der Waals surface area (Å²) >= 11 is 0. The molecule has 1 fully saturated rings. The van der Waals surface area contributed by atoms with Gasteiger partial charge in [0.05, 0.1) is 6.54 Å². The van der Waals surface area contributed by atoms with Crippen molar-refractivity contribution >= 4 is 23.3 Å². The molecule has 146 valence electrons. The number of aryl methyl sites for hydroxylation is 1. The van der Waals surface area contributed by atoms with Gasteiger partial charge in [-0.1, -0.05) is 42.5 Å². The van der Waals surface area contributed by atoms with Gasteiger partial charge in [0, 0.05) is 38.3 Å². The molecule has 0 radical (unpaired) electrons. The molecular weight excluding hydrogens is 354 g/mol. The summed E-state index contributed by atoms with van der Waals surface area (Å²) < 4.78 is 0. The van der Waals surface area contributed by atoms with Crippen molar-refractivity contribution in [3.8, 4) is 0 Å². The Kier molecular flexibility index (Phi) is 6.42. The van der Waals surface area contributed by atoms with Gasteiger partial charge in [-0.25, -0.2) is 0 Å². The summed E-state index contributed by atoms with van der Waals surface area (Å²) in [5, 5.41) is 2.47. The van der Waals surface area contributed by atoms with E-state index in [0.29, 0.717) is 13.1 Å². The van der Waals surface area contributed by atoms with Gasteiger partial charge in [-0.05, 0) is 30.2 Å². The molecule has 0 aromatic heterocycles. The largest absolute Gasteiger partial charge is 0.368 e. The third kappa shape index (κ3) is 4.97. The van der Waals surface area contributed by atoms with Crippen LogP contribution in [0.2, 0.25) is 0 Å². The summed E-state index contributed by atoms with van der Waals surface area (Å²) in [4.78, 5) is 40.5. The molecule has 2 aromatic rings. The Morgan fingerprint density at radius 2 is 1.54 bits per heavy atom. The number of para-hydroxylation sites is 1. The predicted octanol–water partition coefficient (Wildman–Crippen LogP) is 1.57. The number of piperazine rings is 1. The van der Waals surface area contributed by atoms with Crippen molar-refractivity contribution in [3.63, 3.8) is 0 Å². The van der Waals surface area contributed by atoms with Crippen LogP contribution in [-0.4, -0.2) is 55.2 Å². The van der Waals surface area contributed by atoms with Gasteiger partial charge in [0.15, 0.2) is 0 Å². The molecule has 2 aromatic carbocycles. The number of carbonyl (C=O) groups is 3. The lowest BCUT2D eigenvalue weighted by molar-refractivity contribution is -0.139. The minimum Gasteiger partial charge on any atom is -0.368 e. The van der Waals surface area contributed by atoms with E-state index >= 15 is 0 Å². The molecule has 1 N–H and O–H groups in total. The average Bonchev–Trinajstić information content (AvgIpc) is 2.74. The normalized spacial score (nSPS) is 13.9. The van der Waals surface area contributed by atoms with Crippen molar-refractivity contribution in [2.75, 3.05) is 37.6 Å². The maximum absolute atomic E-state index is 12.4. The zero-order valence-corrected chi connectivity index (χ0v) is 16.1. The molecule has 28 heavy (non-hydrogen) atoms. The molecule has 1 saturated heterocycles. The molecule has 1 heterocycles. The van der Waals surface area contributed by atoms with E-state index in [-0.39, 0.29) is 18.9 Å². The fraction of sp³-hybridized carbons (Fsp3) is 0.318. The third-order valence-corrected chi connectivity index (χ3v) is 5.02. The lowest BCUT2D eigenvalue weighted by Crippen LogP contribution is -2.51. The van der Waals surface area contributed by atoms with Crippen molar-refractivity contribution < 1.29 is 14.4 Å². The molecule has 1 aliphatic heterocycles. The second-order valence-corrected chi connectivity index (χ2v) is 6.91. The summed E-state index contributed by atoms with van der Waals surface area (Å²) in [7, 11) is 0. The van der Waals surface area contributed by atoms with Gasteiger partial charge in [0.1, 0.15) is 0 Å². The first-order valence-corrected chi connectivity index (χ1v) is 9.48. The minimum absolute atomic E-state index is 0.0441. The maximum Gasteiger partial charge on any atom is 0.288 e. The van der Waals surface area contributed by atoms with E-state index in [1.165, 1.54) is 0 Å². The number of ketones is 1. The molecule has 0 atom stereocenters. The Bertz CT molecular complexity index is 843. The Hall–Kier alpha value is -3.15. The van der Waals surface area contributed by atoms with Crippen LogP contribution in [0.4, 0.5) is 5.69 Å². The maximum atomic E-state index is 12.4. The van der Waals surface area contributed by atoms with Gasteiger partial charge in [0.2, 0.25) is 11.7 Å². The molecular formula is C22H25N3O3. The number of carbonyl (C=O) groups excluding carboxylic acids is 3. The number of nitrogens with one attached hydrogen (secondary N) is 1. The van der Waals surface area contributed by atoms with E-state index in [1.807, 2.05) is 49.4 Å². The van der Waals surface area contributed by atoms with E-state index in [1.54, 1.807) is 4.90 Å². The second-order valence-electron chi connectivity index (χ2n) is 6.91. The van der Waals surface area contributed by atoms with Crippen LogP contribution in [-0.2, 0) is 20.8 Å². The summed E-state index contributed by atoms with van der Waals surface area (Å²) in [6.45, 7) is 4.44. The lowest BCUT2D eigenvalue weighted by Gasteiger charge is -2.36. The number of benzene rings is 2. The van der Waals surface area contributed by atoms with Gasteiger partial charge in [-0.3, -0.25) is 14.4 Å². The SMILES string of the molecule is Cc1ccccc1CC(=O)C(=O)NCC(=O)N1CCN(c2ccccc2)CC1. The average molecular weight is 379 g/mol. The van der Waals surface area contributed by atoms with Gasteiger partial charge in [0.25, 0.3) is 5.91 Å².